The van der Waals surface area contributed by atoms with Crippen molar-refractivity contribution in [2.75, 3.05) is 26.2 Å². The number of hydrogen-bond donors (Lipinski definition) is 3. The van der Waals surface area contributed by atoms with Crippen LogP contribution < -0.4 is 10.6 Å². The number of nitrogens with zero attached hydrogens (tertiary/aromatic N) is 1. The fourth-order valence-corrected chi connectivity index (χ4v) is 5.84. The molecule has 0 saturated carbocycles. The molecule has 3 aromatic rings. The van der Waals surface area contributed by atoms with Gasteiger partial charge in [0.1, 0.15) is 12.2 Å². The number of amides is 2. The fraction of sp³-hybridized carbons (Fsp3) is 0.364. The lowest BCUT2D eigenvalue weighted by Crippen LogP contribution is -2.46. The summed E-state index contributed by atoms with van der Waals surface area (Å²) in [5.74, 6) is -1.12. The molecule has 3 aromatic carbocycles. The number of carbonyl (C=O) groups is 3. The maximum atomic E-state index is 12.9. The normalized spacial score (nSPS) is 18.2. The van der Waals surface area contributed by atoms with Crippen LogP contribution in [0.4, 0.5) is 9.59 Å². The molecular formula is C33H37N3O6. The number of hydrogen-bond acceptors (Lipinski definition) is 6. The third-order valence-electron chi connectivity index (χ3n) is 7.65. The summed E-state index contributed by atoms with van der Waals surface area (Å²) >= 11 is 0. The minimum atomic E-state index is -0.979. The number of benzene rings is 3. The molecule has 0 unspecified atom stereocenters. The van der Waals surface area contributed by atoms with Crippen LogP contribution in [-0.2, 0) is 16.0 Å². The molecule has 3 N–H and O–H groups in total. The van der Waals surface area contributed by atoms with Gasteiger partial charge in [-0.15, -0.1) is 0 Å². The molecule has 2 atom stereocenters. The van der Waals surface area contributed by atoms with E-state index >= 15 is 0 Å². The Balaban J connectivity index is 1.21. The molecule has 2 amide bonds. The van der Waals surface area contributed by atoms with Gasteiger partial charge in [-0.3, -0.25) is 4.90 Å². The number of rotatable bonds is 8. The number of likely N-dealkylation sites (tertiary alicyclic amines) is 1. The van der Waals surface area contributed by atoms with E-state index in [4.69, 9.17) is 9.47 Å². The van der Waals surface area contributed by atoms with E-state index in [1.54, 1.807) is 39.0 Å². The van der Waals surface area contributed by atoms with Crippen LogP contribution in [0.25, 0.3) is 11.1 Å². The standard InChI is InChI=1S/C33H37N3O6/c1-33(2,3)42-32(40)35-29-19-36(17-21-9-8-10-22(15-21)30(37)38)18-23(29)16-34-31(39)41-20-28-26-13-6-4-11-24(26)25-12-5-7-14-27(25)28/h4-15,23,28-29H,16-20H2,1-3H3,(H,34,39)(H,35,40)(H,37,38)/t23-,29+/m0/s1. The van der Waals surface area contributed by atoms with E-state index in [-0.39, 0.29) is 30.0 Å². The molecule has 1 aliphatic carbocycles. The van der Waals surface area contributed by atoms with E-state index in [9.17, 15) is 19.5 Å². The summed E-state index contributed by atoms with van der Waals surface area (Å²) in [5.41, 5.74) is 5.06. The predicted molar refractivity (Wildman–Crippen MR) is 158 cm³/mol. The molecule has 9 nitrogen and oxygen atoms in total. The highest BCUT2D eigenvalue weighted by atomic mass is 16.6. The lowest BCUT2D eigenvalue weighted by atomic mass is 9.98. The quantitative estimate of drug-likeness (QED) is 0.338. The molecular weight excluding hydrogens is 534 g/mol. The number of carboxylic acid groups (broad SMARTS) is 1. The van der Waals surface area contributed by atoms with E-state index in [2.05, 4.69) is 39.8 Å². The first-order valence-corrected chi connectivity index (χ1v) is 14.2. The van der Waals surface area contributed by atoms with Crippen LogP contribution in [0.1, 0.15) is 53.7 Å². The van der Waals surface area contributed by atoms with Crippen molar-refractivity contribution in [2.45, 2.75) is 44.9 Å². The Morgan fingerprint density at radius 2 is 1.57 bits per heavy atom. The molecule has 1 fully saturated rings. The van der Waals surface area contributed by atoms with Gasteiger partial charge in [0.25, 0.3) is 0 Å². The molecule has 2 aliphatic rings. The highest BCUT2D eigenvalue weighted by Gasteiger charge is 2.35. The van der Waals surface area contributed by atoms with Crippen LogP contribution in [0.5, 0.6) is 0 Å². The second-order valence-corrected chi connectivity index (χ2v) is 11.9. The Hall–Kier alpha value is -4.37. The van der Waals surface area contributed by atoms with Crippen molar-refractivity contribution < 1.29 is 29.0 Å². The lowest BCUT2D eigenvalue weighted by molar-refractivity contribution is 0.0495. The number of nitrogens with one attached hydrogen (secondary N) is 2. The van der Waals surface area contributed by atoms with Crippen LogP contribution in [0, 0.1) is 5.92 Å². The summed E-state index contributed by atoms with van der Waals surface area (Å²) < 4.78 is 11.2. The maximum Gasteiger partial charge on any atom is 0.407 e. The summed E-state index contributed by atoms with van der Waals surface area (Å²) in [6.45, 7) is 7.54. The van der Waals surface area contributed by atoms with Crippen LogP contribution >= 0.6 is 0 Å². The van der Waals surface area contributed by atoms with Crippen molar-refractivity contribution in [2.24, 2.45) is 5.92 Å². The van der Waals surface area contributed by atoms with Crippen molar-refractivity contribution in [3.63, 3.8) is 0 Å². The van der Waals surface area contributed by atoms with Crippen molar-refractivity contribution in [1.29, 1.82) is 0 Å². The summed E-state index contributed by atoms with van der Waals surface area (Å²) in [6, 6.07) is 22.9. The zero-order valence-corrected chi connectivity index (χ0v) is 24.1. The summed E-state index contributed by atoms with van der Waals surface area (Å²) in [5, 5.41) is 15.2. The zero-order chi connectivity index (χ0) is 29.9. The van der Waals surface area contributed by atoms with Gasteiger partial charge < -0.3 is 25.2 Å². The summed E-state index contributed by atoms with van der Waals surface area (Å²) in [7, 11) is 0. The molecule has 0 spiro atoms. The molecule has 5 rings (SSSR count). The number of fused-ring (bicyclic) bond motifs is 3. The average Bonchev–Trinajstić information content (AvgIpc) is 3.47. The van der Waals surface area contributed by atoms with Crippen LogP contribution in [0.2, 0.25) is 0 Å². The highest BCUT2D eigenvalue weighted by Crippen LogP contribution is 2.44. The first kappa shape index (κ1) is 29.1. The lowest BCUT2D eigenvalue weighted by Gasteiger charge is -2.24. The monoisotopic (exact) mass is 571 g/mol. The Labute approximate surface area is 245 Å². The zero-order valence-electron chi connectivity index (χ0n) is 24.1. The van der Waals surface area contributed by atoms with Gasteiger partial charge in [0.15, 0.2) is 0 Å². The van der Waals surface area contributed by atoms with Gasteiger partial charge in [-0.05, 0) is 60.7 Å². The molecule has 220 valence electrons. The van der Waals surface area contributed by atoms with Gasteiger partial charge in [0, 0.05) is 38.0 Å². The van der Waals surface area contributed by atoms with Crippen molar-refractivity contribution in [1.82, 2.24) is 15.5 Å². The van der Waals surface area contributed by atoms with Gasteiger partial charge in [-0.2, -0.15) is 0 Å². The molecule has 0 aromatic heterocycles. The molecule has 1 aliphatic heterocycles. The SMILES string of the molecule is CC(C)(C)OC(=O)N[C@@H]1CN(Cc2cccc(C(=O)O)c2)C[C@@H]1CNC(=O)OCC1c2ccccc2-c2ccccc21. The van der Waals surface area contributed by atoms with E-state index in [0.29, 0.717) is 26.2 Å². The fourth-order valence-electron chi connectivity index (χ4n) is 5.84. The minimum absolute atomic E-state index is 0.0340. The molecule has 1 heterocycles. The number of alkyl carbamates (subject to hydrolysis) is 2. The van der Waals surface area contributed by atoms with Crippen LogP contribution in [0.3, 0.4) is 0 Å². The highest BCUT2D eigenvalue weighted by molar-refractivity contribution is 5.87. The second-order valence-electron chi connectivity index (χ2n) is 11.9. The van der Waals surface area contributed by atoms with Gasteiger partial charge in [-0.1, -0.05) is 60.7 Å². The van der Waals surface area contributed by atoms with Gasteiger partial charge in [-0.25, -0.2) is 14.4 Å². The van der Waals surface area contributed by atoms with E-state index in [1.165, 1.54) is 0 Å². The van der Waals surface area contributed by atoms with Crippen LogP contribution in [-0.4, -0.2) is 66.0 Å². The Morgan fingerprint density at radius 1 is 0.905 bits per heavy atom. The minimum Gasteiger partial charge on any atom is -0.478 e. The first-order chi connectivity index (χ1) is 20.1. The molecule has 9 heteroatoms. The number of carbonyl (C=O) groups excluding carboxylic acids is 2. The Kier molecular flexibility index (Phi) is 8.49. The summed E-state index contributed by atoms with van der Waals surface area (Å²) in [4.78, 5) is 39.0. The van der Waals surface area contributed by atoms with Gasteiger partial charge in [0.05, 0.1) is 11.6 Å². The maximum absolute atomic E-state index is 12.9. The number of aromatic carboxylic acids is 1. The molecule has 0 bridgehead atoms. The van der Waals surface area contributed by atoms with Gasteiger partial charge in [0.2, 0.25) is 0 Å². The number of ether oxygens (including phenoxy) is 2. The largest absolute Gasteiger partial charge is 0.478 e. The van der Waals surface area contributed by atoms with Crippen molar-refractivity contribution in [3.8, 4) is 11.1 Å². The third-order valence-corrected chi connectivity index (χ3v) is 7.65. The Morgan fingerprint density at radius 3 is 2.21 bits per heavy atom. The smallest absolute Gasteiger partial charge is 0.407 e. The Bertz CT molecular complexity index is 1420. The molecule has 1 saturated heterocycles. The van der Waals surface area contributed by atoms with E-state index in [0.717, 1.165) is 27.8 Å². The second kappa shape index (κ2) is 12.2. The van der Waals surface area contributed by atoms with Crippen molar-refractivity contribution >= 4 is 18.2 Å². The van der Waals surface area contributed by atoms with E-state index < -0.39 is 23.8 Å². The average molecular weight is 572 g/mol. The van der Waals surface area contributed by atoms with Crippen LogP contribution in [0.15, 0.2) is 72.8 Å². The summed E-state index contributed by atoms with van der Waals surface area (Å²) in [6.07, 6.45) is -1.03. The van der Waals surface area contributed by atoms with Crippen molar-refractivity contribution in [3.05, 3.63) is 95.1 Å². The predicted octanol–water partition coefficient (Wildman–Crippen LogP) is 5.25. The number of carboxylic acids is 1. The topological polar surface area (TPSA) is 117 Å². The van der Waals surface area contributed by atoms with E-state index in [1.807, 2.05) is 30.3 Å². The van der Waals surface area contributed by atoms with Gasteiger partial charge >= 0.3 is 18.2 Å². The molecule has 42 heavy (non-hydrogen) atoms. The third kappa shape index (κ3) is 6.91. The molecule has 0 radical (unpaired) electrons. The first-order valence-electron chi connectivity index (χ1n) is 14.2.